The van der Waals surface area contributed by atoms with Gasteiger partial charge in [0.05, 0.1) is 0 Å². The maximum atomic E-state index is 3.80. The molecule has 0 aliphatic heterocycles. The molecule has 0 unspecified atom stereocenters. The highest BCUT2D eigenvalue weighted by Crippen LogP contribution is 2.37. The van der Waals surface area contributed by atoms with E-state index in [0.29, 0.717) is 5.41 Å². The van der Waals surface area contributed by atoms with Crippen molar-refractivity contribution in [3.05, 3.63) is 0 Å². The smallest absolute Gasteiger partial charge is 0.00967 e. The van der Waals surface area contributed by atoms with Gasteiger partial charge in [-0.25, -0.2) is 0 Å². The average Bonchev–Trinajstić information content (AvgIpc) is 2.89. The molecule has 0 atom stereocenters. The van der Waals surface area contributed by atoms with Gasteiger partial charge < -0.3 is 10.2 Å². The lowest BCUT2D eigenvalue weighted by Gasteiger charge is -2.42. The molecule has 0 amide bonds. The van der Waals surface area contributed by atoms with Crippen molar-refractivity contribution in [3.8, 4) is 0 Å². The van der Waals surface area contributed by atoms with Crippen molar-refractivity contribution in [1.29, 1.82) is 0 Å². The summed E-state index contributed by atoms with van der Waals surface area (Å²) >= 11 is 0. The summed E-state index contributed by atoms with van der Waals surface area (Å²) in [6, 6.07) is 0. The first kappa shape index (κ1) is 17.3. The van der Waals surface area contributed by atoms with Crippen molar-refractivity contribution in [1.82, 2.24) is 10.2 Å². The molecule has 0 aromatic heterocycles. The van der Waals surface area contributed by atoms with Crippen LogP contribution < -0.4 is 5.32 Å². The predicted octanol–water partition coefficient (Wildman–Crippen LogP) is 4.45. The second-order valence-electron chi connectivity index (χ2n) is 9.01. The highest BCUT2D eigenvalue weighted by atomic mass is 15.1. The Balaban J connectivity index is 1.88. The standard InChI is InChI=1S/C19H38N2/c1-18(2,3)20-15-19(12-8-5-9-13-19)16-21(4)14-17-10-6-7-11-17/h17,20H,5-16H2,1-4H3. The average molecular weight is 295 g/mol. The fraction of sp³-hybridized carbons (Fsp3) is 1.00. The van der Waals surface area contributed by atoms with Crippen LogP contribution in [0.5, 0.6) is 0 Å². The summed E-state index contributed by atoms with van der Waals surface area (Å²) in [5, 5.41) is 3.80. The van der Waals surface area contributed by atoms with E-state index < -0.39 is 0 Å². The Kier molecular flexibility index (Phi) is 6.14. The van der Waals surface area contributed by atoms with Gasteiger partial charge in [-0.3, -0.25) is 0 Å². The Morgan fingerprint density at radius 3 is 2.19 bits per heavy atom. The van der Waals surface area contributed by atoms with E-state index in [9.17, 15) is 0 Å². The minimum Gasteiger partial charge on any atom is -0.311 e. The van der Waals surface area contributed by atoms with Crippen molar-refractivity contribution in [2.24, 2.45) is 11.3 Å². The third-order valence-electron chi connectivity index (χ3n) is 5.56. The summed E-state index contributed by atoms with van der Waals surface area (Å²) in [6.45, 7) is 10.7. The molecule has 2 rings (SSSR count). The van der Waals surface area contributed by atoms with Crippen LogP contribution >= 0.6 is 0 Å². The van der Waals surface area contributed by atoms with Crippen LogP contribution in [0.1, 0.15) is 78.6 Å². The number of hydrogen-bond acceptors (Lipinski definition) is 2. The molecule has 0 spiro atoms. The van der Waals surface area contributed by atoms with Gasteiger partial charge >= 0.3 is 0 Å². The van der Waals surface area contributed by atoms with Crippen LogP contribution in [0, 0.1) is 11.3 Å². The molecule has 2 heteroatoms. The summed E-state index contributed by atoms with van der Waals surface area (Å²) in [5.41, 5.74) is 0.771. The van der Waals surface area contributed by atoms with Gasteiger partial charge in [-0.1, -0.05) is 32.1 Å². The van der Waals surface area contributed by atoms with Gasteiger partial charge in [0.25, 0.3) is 0 Å². The number of hydrogen-bond donors (Lipinski definition) is 1. The first-order valence-corrected chi connectivity index (χ1v) is 9.32. The molecule has 0 aromatic carbocycles. The third kappa shape index (κ3) is 5.90. The van der Waals surface area contributed by atoms with Gasteiger partial charge in [0.1, 0.15) is 0 Å². The van der Waals surface area contributed by atoms with Gasteiger partial charge in [0, 0.05) is 25.2 Å². The lowest BCUT2D eigenvalue weighted by atomic mass is 9.73. The first-order chi connectivity index (χ1) is 9.89. The summed E-state index contributed by atoms with van der Waals surface area (Å²) in [7, 11) is 2.37. The highest BCUT2D eigenvalue weighted by Gasteiger charge is 2.34. The van der Waals surface area contributed by atoms with E-state index in [-0.39, 0.29) is 5.54 Å². The topological polar surface area (TPSA) is 15.3 Å². The Labute approximate surface area is 133 Å². The molecule has 1 N–H and O–H groups in total. The molecule has 0 heterocycles. The van der Waals surface area contributed by atoms with Crippen molar-refractivity contribution >= 4 is 0 Å². The van der Waals surface area contributed by atoms with Gasteiger partial charge in [-0.15, -0.1) is 0 Å². The van der Waals surface area contributed by atoms with E-state index in [0.717, 1.165) is 5.92 Å². The minimum absolute atomic E-state index is 0.245. The van der Waals surface area contributed by atoms with Crippen molar-refractivity contribution in [2.45, 2.75) is 84.1 Å². The Morgan fingerprint density at radius 2 is 1.62 bits per heavy atom. The highest BCUT2D eigenvalue weighted by molar-refractivity contribution is 4.90. The molecule has 2 aliphatic rings. The zero-order chi connectivity index (χ0) is 15.3. The second kappa shape index (κ2) is 7.46. The Morgan fingerprint density at radius 1 is 1.00 bits per heavy atom. The number of nitrogens with one attached hydrogen (secondary N) is 1. The maximum absolute atomic E-state index is 3.80. The molecule has 0 radical (unpaired) electrons. The van der Waals surface area contributed by atoms with E-state index in [1.165, 1.54) is 77.4 Å². The van der Waals surface area contributed by atoms with Crippen LogP contribution in [0.15, 0.2) is 0 Å². The lowest BCUT2D eigenvalue weighted by molar-refractivity contribution is 0.101. The lowest BCUT2D eigenvalue weighted by Crippen LogP contribution is -2.49. The zero-order valence-corrected chi connectivity index (χ0v) is 15.0. The van der Waals surface area contributed by atoms with Crippen molar-refractivity contribution < 1.29 is 0 Å². The van der Waals surface area contributed by atoms with Crippen LogP contribution in [0.25, 0.3) is 0 Å². The molecule has 124 valence electrons. The largest absolute Gasteiger partial charge is 0.311 e. The monoisotopic (exact) mass is 294 g/mol. The van der Waals surface area contributed by atoms with E-state index in [1.807, 2.05) is 0 Å². The molecule has 21 heavy (non-hydrogen) atoms. The number of nitrogens with zero attached hydrogens (tertiary/aromatic N) is 1. The Hall–Kier alpha value is -0.0800. The third-order valence-corrected chi connectivity index (χ3v) is 5.56. The van der Waals surface area contributed by atoms with Gasteiger partial charge in [0.15, 0.2) is 0 Å². The van der Waals surface area contributed by atoms with Crippen molar-refractivity contribution in [2.75, 3.05) is 26.7 Å². The summed E-state index contributed by atoms with van der Waals surface area (Å²) in [4.78, 5) is 2.66. The minimum atomic E-state index is 0.245. The fourth-order valence-electron chi connectivity index (χ4n) is 4.42. The normalized spacial score (nSPS) is 23.9. The van der Waals surface area contributed by atoms with Crippen LogP contribution in [0.4, 0.5) is 0 Å². The predicted molar refractivity (Wildman–Crippen MR) is 92.7 cm³/mol. The molecular weight excluding hydrogens is 256 g/mol. The van der Waals surface area contributed by atoms with Crippen LogP contribution in [-0.4, -0.2) is 37.1 Å². The zero-order valence-electron chi connectivity index (χ0n) is 15.0. The van der Waals surface area contributed by atoms with E-state index in [1.54, 1.807) is 0 Å². The molecule has 0 saturated heterocycles. The van der Waals surface area contributed by atoms with Gasteiger partial charge in [-0.2, -0.15) is 0 Å². The molecule has 2 aliphatic carbocycles. The molecule has 2 nitrogen and oxygen atoms in total. The molecular formula is C19H38N2. The van der Waals surface area contributed by atoms with E-state index >= 15 is 0 Å². The number of rotatable bonds is 6. The van der Waals surface area contributed by atoms with Crippen LogP contribution in [-0.2, 0) is 0 Å². The van der Waals surface area contributed by atoms with E-state index in [4.69, 9.17) is 0 Å². The SMILES string of the molecule is CN(CC1CCCC1)CC1(CNC(C)(C)C)CCCCC1. The first-order valence-electron chi connectivity index (χ1n) is 9.32. The molecule has 0 aromatic rings. The van der Waals surface area contributed by atoms with Gasteiger partial charge in [0.2, 0.25) is 0 Å². The molecule has 2 fully saturated rings. The van der Waals surface area contributed by atoms with Crippen molar-refractivity contribution in [3.63, 3.8) is 0 Å². The molecule has 2 saturated carbocycles. The summed E-state index contributed by atoms with van der Waals surface area (Å²) < 4.78 is 0. The maximum Gasteiger partial charge on any atom is 0.00967 e. The van der Waals surface area contributed by atoms with E-state index in [2.05, 4.69) is 38.0 Å². The van der Waals surface area contributed by atoms with Crippen LogP contribution in [0.2, 0.25) is 0 Å². The fourth-order valence-corrected chi connectivity index (χ4v) is 4.42. The summed E-state index contributed by atoms with van der Waals surface area (Å²) in [6.07, 6.45) is 13.0. The molecule has 0 bridgehead atoms. The quantitative estimate of drug-likeness (QED) is 0.778. The van der Waals surface area contributed by atoms with Crippen LogP contribution in [0.3, 0.4) is 0 Å². The Bertz CT molecular complexity index is 293. The summed E-state index contributed by atoms with van der Waals surface area (Å²) in [5.74, 6) is 0.978. The van der Waals surface area contributed by atoms with Gasteiger partial charge in [-0.05, 0) is 64.8 Å². The second-order valence-corrected chi connectivity index (χ2v) is 9.01.